The van der Waals surface area contributed by atoms with Gasteiger partial charge in [-0.2, -0.15) is 0 Å². The topological polar surface area (TPSA) is 88.2 Å². The van der Waals surface area contributed by atoms with Gasteiger partial charge in [-0.1, -0.05) is 0 Å². The molecule has 0 radical (unpaired) electrons. The van der Waals surface area contributed by atoms with Gasteiger partial charge in [0.1, 0.15) is 10.7 Å². The van der Waals surface area contributed by atoms with Crippen LogP contribution in [0.2, 0.25) is 0 Å². The summed E-state index contributed by atoms with van der Waals surface area (Å²) in [5.41, 5.74) is 0. The van der Waals surface area contributed by atoms with Crippen LogP contribution in [0.3, 0.4) is 0 Å². The molecule has 0 aliphatic rings. The van der Waals surface area contributed by atoms with Gasteiger partial charge in [-0.3, -0.25) is 4.21 Å². The molecule has 102 valence electrons. The molecule has 0 bridgehead atoms. The van der Waals surface area contributed by atoms with Crippen LogP contribution in [0.4, 0.5) is 5.82 Å². The molecule has 2 atom stereocenters. The molecule has 1 aromatic heterocycles. The lowest BCUT2D eigenvalue weighted by atomic mass is 10.5. The number of anilines is 1. The Morgan fingerprint density at radius 3 is 2.72 bits per heavy atom. The molecule has 0 aromatic carbocycles. The molecule has 0 aliphatic heterocycles. The zero-order chi connectivity index (χ0) is 13.8. The van der Waals surface area contributed by atoms with Gasteiger partial charge in [-0.15, -0.1) is 0 Å². The number of rotatable bonds is 6. The maximum absolute atomic E-state index is 12.0. The van der Waals surface area contributed by atoms with Gasteiger partial charge < -0.3 is 5.32 Å². The second-order valence-corrected chi connectivity index (χ2v) is 7.30. The number of nitrogens with one attached hydrogen (secondary N) is 2. The van der Waals surface area contributed by atoms with Gasteiger partial charge in [-0.25, -0.2) is 18.1 Å². The summed E-state index contributed by atoms with van der Waals surface area (Å²) >= 11 is 0. The minimum absolute atomic E-state index is 0.0848. The zero-order valence-electron chi connectivity index (χ0n) is 10.5. The summed E-state index contributed by atoms with van der Waals surface area (Å²) in [6, 6.07) is 3.02. The lowest BCUT2D eigenvalue weighted by molar-refractivity contribution is 0.580. The van der Waals surface area contributed by atoms with E-state index in [1.165, 1.54) is 12.3 Å². The van der Waals surface area contributed by atoms with Crippen molar-refractivity contribution in [2.75, 3.05) is 25.2 Å². The van der Waals surface area contributed by atoms with Crippen molar-refractivity contribution in [1.82, 2.24) is 9.71 Å². The minimum atomic E-state index is -3.64. The molecule has 2 N–H and O–H groups in total. The van der Waals surface area contributed by atoms with Crippen LogP contribution in [0.25, 0.3) is 0 Å². The van der Waals surface area contributed by atoms with Gasteiger partial charge in [0, 0.05) is 42.1 Å². The summed E-state index contributed by atoms with van der Waals surface area (Å²) in [4.78, 5) is 4.02. The van der Waals surface area contributed by atoms with E-state index >= 15 is 0 Å². The van der Waals surface area contributed by atoms with Gasteiger partial charge in [-0.05, 0) is 19.1 Å². The first-order chi connectivity index (χ1) is 8.38. The van der Waals surface area contributed by atoms with Crippen LogP contribution in [0.1, 0.15) is 6.92 Å². The summed E-state index contributed by atoms with van der Waals surface area (Å²) in [5.74, 6) is 0.287. The molecule has 6 nitrogen and oxygen atoms in total. The molecule has 0 spiro atoms. The van der Waals surface area contributed by atoms with E-state index in [4.69, 9.17) is 0 Å². The van der Waals surface area contributed by atoms with E-state index in [-0.39, 0.29) is 22.5 Å². The molecule has 1 heterocycles. The molecule has 0 saturated carbocycles. The Hall–Kier alpha value is -0.990. The van der Waals surface area contributed by atoms with Gasteiger partial charge in [0.25, 0.3) is 0 Å². The van der Waals surface area contributed by atoms with Crippen molar-refractivity contribution >= 4 is 26.6 Å². The predicted octanol–water partition coefficient (Wildman–Crippen LogP) is 0.169. The van der Waals surface area contributed by atoms with Crippen molar-refractivity contribution in [3.8, 4) is 0 Å². The second-order valence-electron chi connectivity index (χ2n) is 3.76. The lowest BCUT2D eigenvalue weighted by Gasteiger charge is -2.12. The Bertz CT molecular complexity index is 531. The van der Waals surface area contributed by atoms with Crippen molar-refractivity contribution < 1.29 is 12.6 Å². The molecule has 8 heteroatoms. The van der Waals surface area contributed by atoms with E-state index in [2.05, 4.69) is 15.0 Å². The van der Waals surface area contributed by atoms with Crippen LogP contribution in [0.15, 0.2) is 23.2 Å². The Kier molecular flexibility index (Phi) is 5.24. The summed E-state index contributed by atoms with van der Waals surface area (Å²) < 4.78 is 37.7. The van der Waals surface area contributed by atoms with Gasteiger partial charge in [0.05, 0.1) is 0 Å². The fourth-order valence-corrected chi connectivity index (χ4v) is 2.93. The normalized spacial score (nSPS) is 15.1. The standard InChI is InChI=1S/C10H17N3O3S2/c1-8(17(3)14)7-13-18(15,16)9-5-4-6-12-10(9)11-2/h4-6,8,13H,7H2,1-3H3,(H,11,12). The number of hydrogen-bond acceptors (Lipinski definition) is 5. The van der Waals surface area contributed by atoms with E-state index in [1.54, 1.807) is 26.3 Å². The number of pyridine rings is 1. The fourth-order valence-electron chi connectivity index (χ4n) is 1.22. The molecular formula is C10H17N3O3S2. The highest BCUT2D eigenvalue weighted by Gasteiger charge is 2.20. The average Bonchev–Trinajstić information content (AvgIpc) is 2.35. The first-order valence-corrected chi connectivity index (χ1v) is 8.43. The number of sulfonamides is 1. The molecule has 0 saturated heterocycles. The third-order valence-electron chi connectivity index (χ3n) is 2.42. The summed E-state index contributed by atoms with van der Waals surface area (Å²) in [7, 11) is -3.11. The fraction of sp³-hybridized carbons (Fsp3) is 0.500. The molecule has 0 amide bonds. The van der Waals surface area contributed by atoms with E-state index in [0.29, 0.717) is 0 Å². The number of nitrogens with zero attached hydrogens (tertiary/aromatic N) is 1. The molecular weight excluding hydrogens is 274 g/mol. The highest BCUT2D eigenvalue weighted by Crippen LogP contribution is 2.16. The third kappa shape index (κ3) is 3.76. The smallest absolute Gasteiger partial charge is 0.244 e. The molecule has 2 unspecified atom stereocenters. The van der Waals surface area contributed by atoms with Crippen molar-refractivity contribution in [3.05, 3.63) is 18.3 Å². The van der Waals surface area contributed by atoms with E-state index in [1.807, 2.05) is 0 Å². The van der Waals surface area contributed by atoms with Gasteiger partial charge in [0.2, 0.25) is 10.0 Å². The Morgan fingerprint density at radius 2 is 2.17 bits per heavy atom. The van der Waals surface area contributed by atoms with Crippen molar-refractivity contribution in [2.24, 2.45) is 0 Å². The first kappa shape index (κ1) is 15.1. The molecule has 18 heavy (non-hydrogen) atoms. The van der Waals surface area contributed by atoms with E-state index in [0.717, 1.165) is 0 Å². The Labute approximate surface area is 110 Å². The molecule has 0 fully saturated rings. The van der Waals surface area contributed by atoms with Crippen LogP contribution in [0.5, 0.6) is 0 Å². The van der Waals surface area contributed by atoms with Crippen molar-refractivity contribution in [3.63, 3.8) is 0 Å². The van der Waals surface area contributed by atoms with Gasteiger partial charge >= 0.3 is 0 Å². The summed E-state index contributed by atoms with van der Waals surface area (Å²) in [5, 5.41) is 2.48. The molecule has 1 aromatic rings. The second kappa shape index (κ2) is 6.26. The van der Waals surface area contributed by atoms with Crippen LogP contribution in [-0.2, 0) is 20.8 Å². The predicted molar refractivity (Wildman–Crippen MR) is 72.5 cm³/mol. The van der Waals surface area contributed by atoms with Crippen LogP contribution >= 0.6 is 0 Å². The summed E-state index contributed by atoms with van der Waals surface area (Å²) in [6.07, 6.45) is 3.05. The van der Waals surface area contributed by atoms with Crippen LogP contribution in [0, 0.1) is 0 Å². The zero-order valence-corrected chi connectivity index (χ0v) is 12.1. The maximum Gasteiger partial charge on any atom is 0.244 e. The number of aromatic nitrogens is 1. The molecule has 1 rings (SSSR count). The highest BCUT2D eigenvalue weighted by molar-refractivity contribution is 7.89. The molecule has 0 aliphatic carbocycles. The first-order valence-electron chi connectivity index (χ1n) is 5.33. The highest BCUT2D eigenvalue weighted by atomic mass is 32.2. The largest absolute Gasteiger partial charge is 0.372 e. The summed E-state index contributed by atoms with van der Waals surface area (Å²) in [6.45, 7) is 1.85. The minimum Gasteiger partial charge on any atom is -0.372 e. The van der Waals surface area contributed by atoms with Crippen molar-refractivity contribution in [1.29, 1.82) is 0 Å². The van der Waals surface area contributed by atoms with Crippen LogP contribution in [-0.4, -0.2) is 42.7 Å². The maximum atomic E-state index is 12.0. The van der Waals surface area contributed by atoms with Crippen LogP contribution < -0.4 is 10.0 Å². The van der Waals surface area contributed by atoms with Gasteiger partial charge in [0.15, 0.2) is 0 Å². The number of hydrogen-bond donors (Lipinski definition) is 2. The Balaban J connectivity index is 2.90. The third-order valence-corrected chi connectivity index (χ3v) is 5.18. The lowest BCUT2D eigenvalue weighted by Crippen LogP contribution is -2.33. The quantitative estimate of drug-likeness (QED) is 0.780. The monoisotopic (exact) mass is 291 g/mol. The SMILES string of the molecule is CNc1ncccc1S(=O)(=O)NCC(C)S(C)=O. The Morgan fingerprint density at radius 1 is 1.50 bits per heavy atom. The van der Waals surface area contributed by atoms with E-state index in [9.17, 15) is 12.6 Å². The van der Waals surface area contributed by atoms with Crippen molar-refractivity contribution in [2.45, 2.75) is 17.1 Å². The van der Waals surface area contributed by atoms with E-state index < -0.39 is 20.8 Å². The average molecular weight is 291 g/mol.